The molecule has 2 atom stereocenters. The van der Waals surface area contributed by atoms with Crippen LogP contribution in [-0.4, -0.2) is 42.4 Å². The number of methoxy groups -OCH3 is 1. The molecule has 0 fully saturated rings. The van der Waals surface area contributed by atoms with E-state index in [9.17, 15) is 5.11 Å². The van der Waals surface area contributed by atoms with Crippen molar-refractivity contribution in [2.45, 2.75) is 45.6 Å². The molecule has 26 heavy (non-hydrogen) atoms. The predicted molar refractivity (Wildman–Crippen MR) is 105 cm³/mol. The monoisotopic (exact) mass is 357 g/mol. The maximum absolute atomic E-state index is 10.4. The van der Waals surface area contributed by atoms with Crippen molar-refractivity contribution in [2.24, 2.45) is 0 Å². The van der Waals surface area contributed by atoms with E-state index in [4.69, 9.17) is 9.47 Å². The molecule has 4 nitrogen and oxygen atoms in total. The van der Waals surface area contributed by atoms with Crippen LogP contribution >= 0.6 is 0 Å². The normalized spacial score (nSPS) is 13.6. The van der Waals surface area contributed by atoms with Crippen LogP contribution in [0.2, 0.25) is 0 Å². The van der Waals surface area contributed by atoms with E-state index in [0.29, 0.717) is 25.8 Å². The first-order valence-electron chi connectivity index (χ1n) is 9.29. The number of rotatable bonds is 11. The molecule has 0 aliphatic carbocycles. The lowest BCUT2D eigenvalue weighted by Crippen LogP contribution is -2.39. The van der Waals surface area contributed by atoms with Gasteiger partial charge in [-0.05, 0) is 36.6 Å². The average molecular weight is 357 g/mol. The zero-order valence-electron chi connectivity index (χ0n) is 16.1. The molecule has 0 amide bonds. The van der Waals surface area contributed by atoms with E-state index in [-0.39, 0.29) is 0 Å². The number of hydrogen-bond acceptors (Lipinski definition) is 4. The van der Waals surface area contributed by atoms with Crippen molar-refractivity contribution in [3.8, 4) is 5.75 Å². The van der Waals surface area contributed by atoms with E-state index < -0.39 is 6.10 Å². The molecule has 0 aromatic heterocycles. The van der Waals surface area contributed by atoms with Gasteiger partial charge >= 0.3 is 0 Å². The molecule has 0 aliphatic rings. The standard InChI is InChI=1S/C22H31NO3/c1-4-18(2)23(14-20-11-8-12-22(13-20)25-3)15-21(24)17-26-16-19-9-6-5-7-10-19/h5-13,18,21,24H,4,14-17H2,1-3H3/t18-,21-/m0/s1. The van der Waals surface area contributed by atoms with Gasteiger partial charge in [-0.3, -0.25) is 4.90 Å². The van der Waals surface area contributed by atoms with Crippen molar-refractivity contribution in [3.63, 3.8) is 0 Å². The van der Waals surface area contributed by atoms with E-state index in [1.165, 1.54) is 5.56 Å². The number of benzene rings is 2. The number of aliphatic hydroxyl groups is 1. The Kier molecular flexibility index (Phi) is 8.62. The molecule has 2 aromatic rings. The summed E-state index contributed by atoms with van der Waals surface area (Å²) >= 11 is 0. The van der Waals surface area contributed by atoms with E-state index in [2.05, 4.69) is 24.8 Å². The highest BCUT2D eigenvalue weighted by Crippen LogP contribution is 2.17. The van der Waals surface area contributed by atoms with Crippen LogP contribution in [0.3, 0.4) is 0 Å². The first kappa shape index (κ1) is 20.4. The molecule has 0 unspecified atom stereocenters. The van der Waals surface area contributed by atoms with Crippen molar-refractivity contribution in [1.82, 2.24) is 4.90 Å². The van der Waals surface area contributed by atoms with E-state index in [0.717, 1.165) is 24.3 Å². The number of aliphatic hydroxyl groups excluding tert-OH is 1. The van der Waals surface area contributed by atoms with Crippen LogP contribution in [0.15, 0.2) is 54.6 Å². The third-order valence-electron chi connectivity index (χ3n) is 4.60. The summed E-state index contributed by atoms with van der Waals surface area (Å²) in [5, 5.41) is 10.4. The van der Waals surface area contributed by atoms with Crippen LogP contribution < -0.4 is 4.74 Å². The summed E-state index contributed by atoms with van der Waals surface area (Å²) < 4.78 is 11.0. The Morgan fingerprint density at radius 1 is 1.04 bits per heavy atom. The summed E-state index contributed by atoms with van der Waals surface area (Å²) in [7, 11) is 1.68. The van der Waals surface area contributed by atoms with Gasteiger partial charge in [0.05, 0.1) is 26.4 Å². The Morgan fingerprint density at radius 3 is 2.46 bits per heavy atom. The van der Waals surface area contributed by atoms with E-state index in [1.54, 1.807) is 7.11 Å². The summed E-state index contributed by atoms with van der Waals surface area (Å²) in [5.74, 6) is 0.860. The van der Waals surface area contributed by atoms with Gasteiger partial charge in [0.15, 0.2) is 0 Å². The maximum atomic E-state index is 10.4. The van der Waals surface area contributed by atoms with Crippen LogP contribution in [-0.2, 0) is 17.9 Å². The highest BCUT2D eigenvalue weighted by atomic mass is 16.5. The second kappa shape index (κ2) is 11.0. The summed E-state index contributed by atoms with van der Waals surface area (Å²) in [4.78, 5) is 2.30. The SMILES string of the molecule is CC[C@H](C)N(Cc1cccc(OC)c1)C[C@H](O)COCc1ccccc1. The van der Waals surface area contributed by atoms with Gasteiger partial charge in [-0.15, -0.1) is 0 Å². The zero-order chi connectivity index (χ0) is 18.8. The van der Waals surface area contributed by atoms with Gasteiger partial charge in [0, 0.05) is 19.1 Å². The number of ether oxygens (including phenoxy) is 2. The molecular formula is C22H31NO3. The molecule has 0 bridgehead atoms. The third kappa shape index (κ3) is 6.79. The van der Waals surface area contributed by atoms with Crippen molar-refractivity contribution in [2.75, 3.05) is 20.3 Å². The van der Waals surface area contributed by atoms with E-state index >= 15 is 0 Å². The number of hydrogen-bond donors (Lipinski definition) is 1. The van der Waals surface area contributed by atoms with Gasteiger partial charge in [0.2, 0.25) is 0 Å². The van der Waals surface area contributed by atoms with Gasteiger partial charge in [0.25, 0.3) is 0 Å². The van der Waals surface area contributed by atoms with Crippen LogP contribution in [0.5, 0.6) is 5.75 Å². The van der Waals surface area contributed by atoms with E-state index in [1.807, 2.05) is 48.5 Å². The Bertz CT molecular complexity index is 632. The Labute approximate surface area is 157 Å². The van der Waals surface area contributed by atoms with Gasteiger partial charge in [-0.1, -0.05) is 49.4 Å². The highest BCUT2D eigenvalue weighted by Gasteiger charge is 2.17. The Balaban J connectivity index is 1.87. The summed E-state index contributed by atoms with van der Waals surface area (Å²) in [5.41, 5.74) is 2.30. The van der Waals surface area contributed by atoms with Crippen molar-refractivity contribution in [3.05, 3.63) is 65.7 Å². The highest BCUT2D eigenvalue weighted by molar-refractivity contribution is 5.28. The predicted octanol–water partition coefficient (Wildman–Crippen LogP) is 3.87. The third-order valence-corrected chi connectivity index (χ3v) is 4.60. The molecule has 0 spiro atoms. The number of nitrogens with zero attached hydrogens (tertiary/aromatic N) is 1. The smallest absolute Gasteiger partial charge is 0.119 e. The minimum absolute atomic E-state index is 0.333. The van der Waals surface area contributed by atoms with Crippen LogP contribution in [0, 0.1) is 0 Å². The molecular weight excluding hydrogens is 326 g/mol. The second-order valence-corrected chi connectivity index (χ2v) is 6.69. The summed E-state index contributed by atoms with van der Waals surface area (Å²) in [6.45, 7) is 6.58. The first-order valence-corrected chi connectivity index (χ1v) is 9.29. The van der Waals surface area contributed by atoms with Crippen molar-refractivity contribution < 1.29 is 14.6 Å². The van der Waals surface area contributed by atoms with Gasteiger partial charge in [-0.2, -0.15) is 0 Å². The molecule has 4 heteroatoms. The summed E-state index contributed by atoms with van der Waals surface area (Å²) in [6.07, 6.45) is 0.514. The molecule has 0 radical (unpaired) electrons. The fourth-order valence-corrected chi connectivity index (χ4v) is 2.87. The van der Waals surface area contributed by atoms with Crippen molar-refractivity contribution >= 4 is 0 Å². The van der Waals surface area contributed by atoms with Gasteiger partial charge in [0.1, 0.15) is 5.75 Å². The molecule has 0 heterocycles. The zero-order valence-corrected chi connectivity index (χ0v) is 16.1. The Morgan fingerprint density at radius 2 is 1.77 bits per heavy atom. The topological polar surface area (TPSA) is 41.9 Å². The maximum Gasteiger partial charge on any atom is 0.119 e. The van der Waals surface area contributed by atoms with Crippen LogP contribution in [0.25, 0.3) is 0 Å². The Hall–Kier alpha value is -1.88. The van der Waals surface area contributed by atoms with Gasteiger partial charge in [-0.25, -0.2) is 0 Å². The second-order valence-electron chi connectivity index (χ2n) is 6.69. The molecule has 0 saturated heterocycles. The summed E-state index contributed by atoms with van der Waals surface area (Å²) in [6, 6.07) is 18.5. The fraction of sp³-hybridized carbons (Fsp3) is 0.455. The molecule has 142 valence electrons. The van der Waals surface area contributed by atoms with Crippen LogP contribution in [0.4, 0.5) is 0 Å². The molecule has 2 aromatic carbocycles. The average Bonchev–Trinajstić information content (AvgIpc) is 2.68. The molecule has 1 N–H and O–H groups in total. The lowest BCUT2D eigenvalue weighted by molar-refractivity contribution is 0.00144. The molecule has 0 saturated carbocycles. The molecule has 0 aliphatic heterocycles. The lowest BCUT2D eigenvalue weighted by atomic mass is 10.1. The van der Waals surface area contributed by atoms with Crippen LogP contribution in [0.1, 0.15) is 31.4 Å². The minimum atomic E-state index is -0.515. The first-order chi connectivity index (χ1) is 12.6. The largest absolute Gasteiger partial charge is 0.497 e. The quantitative estimate of drug-likeness (QED) is 0.663. The molecule has 2 rings (SSSR count). The lowest BCUT2D eigenvalue weighted by Gasteiger charge is -2.30. The van der Waals surface area contributed by atoms with Crippen molar-refractivity contribution in [1.29, 1.82) is 0 Å². The van der Waals surface area contributed by atoms with Gasteiger partial charge < -0.3 is 14.6 Å². The minimum Gasteiger partial charge on any atom is -0.497 e. The fourth-order valence-electron chi connectivity index (χ4n) is 2.87.